The molecule has 160 valence electrons. The van der Waals surface area contributed by atoms with E-state index in [0.29, 0.717) is 14.9 Å². The Labute approximate surface area is 182 Å². The summed E-state index contributed by atoms with van der Waals surface area (Å²) >= 11 is 13.2. The molecule has 2 unspecified atom stereocenters. The maximum Gasteiger partial charge on any atom is 0.303 e. The van der Waals surface area contributed by atoms with Crippen molar-refractivity contribution in [2.24, 2.45) is 5.73 Å². The number of ether oxygens (including phenoxy) is 4. The van der Waals surface area contributed by atoms with E-state index in [1.807, 2.05) is 0 Å². The number of halogens is 2. The number of carbonyl (C=O) groups is 3. The molecule has 1 heterocycles. The molecule has 1 aliphatic heterocycles. The van der Waals surface area contributed by atoms with Crippen molar-refractivity contribution in [1.82, 2.24) is 0 Å². The van der Waals surface area contributed by atoms with Gasteiger partial charge in [-0.25, -0.2) is 0 Å². The summed E-state index contributed by atoms with van der Waals surface area (Å²) in [6.07, 6.45) is -2.78. The van der Waals surface area contributed by atoms with E-state index < -0.39 is 47.7 Å². The zero-order valence-electron chi connectivity index (χ0n) is 15.9. The Morgan fingerprint density at radius 3 is 2.21 bits per heavy atom. The second-order valence-electron chi connectivity index (χ2n) is 6.26. The molecule has 0 aromatic heterocycles. The van der Waals surface area contributed by atoms with Gasteiger partial charge in [-0.15, -0.1) is 0 Å². The molecule has 1 fully saturated rings. The highest BCUT2D eigenvalue weighted by atomic mass is 35.5. The van der Waals surface area contributed by atoms with E-state index in [4.69, 9.17) is 47.9 Å². The number of carbonyl (C=O) groups excluding carboxylic acids is 3. The zero-order chi connectivity index (χ0) is 21.7. The smallest absolute Gasteiger partial charge is 0.303 e. The van der Waals surface area contributed by atoms with Crippen LogP contribution in [0.25, 0.3) is 0 Å². The fourth-order valence-electron chi connectivity index (χ4n) is 2.73. The van der Waals surface area contributed by atoms with E-state index >= 15 is 0 Å². The quantitative estimate of drug-likeness (QED) is 0.499. The third kappa shape index (κ3) is 6.75. The monoisotopic (exact) mass is 465 g/mol. The molecule has 0 aliphatic carbocycles. The number of hydrogen-bond acceptors (Lipinski definition) is 9. The standard InChI is InChI=1S/C18H21Cl2NO7S/c1-8(22)25-7-14-16(26-9(2)23)15(21)17(27-10(3)24)18(28-14)29-11-4-5-12(19)13(20)6-11/h4-6,14-18H,7,21H2,1-3H3/t14-,15?,16+,17?,18-/m1/s1. The topological polar surface area (TPSA) is 114 Å². The third-order valence-corrected chi connectivity index (χ3v) is 5.78. The van der Waals surface area contributed by atoms with Crippen molar-refractivity contribution in [1.29, 1.82) is 0 Å². The van der Waals surface area contributed by atoms with E-state index in [-0.39, 0.29) is 6.61 Å². The lowest BCUT2D eigenvalue weighted by Gasteiger charge is -2.43. The van der Waals surface area contributed by atoms with Gasteiger partial charge >= 0.3 is 17.9 Å². The first-order chi connectivity index (χ1) is 13.6. The van der Waals surface area contributed by atoms with Crippen LogP contribution in [0.4, 0.5) is 0 Å². The minimum atomic E-state index is -0.984. The lowest BCUT2D eigenvalue weighted by Crippen LogP contribution is -2.63. The molecule has 0 saturated carbocycles. The average Bonchev–Trinajstić information content (AvgIpc) is 2.61. The number of benzene rings is 1. The molecular weight excluding hydrogens is 445 g/mol. The molecule has 2 N–H and O–H groups in total. The second-order valence-corrected chi connectivity index (χ2v) is 8.25. The summed E-state index contributed by atoms with van der Waals surface area (Å²) in [6.45, 7) is 3.51. The van der Waals surface area contributed by atoms with E-state index in [1.165, 1.54) is 32.5 Å². The highest BCUT2D eigenvalue weighted by Crippen LogP contribution is 2.37. The fraction of sp³-hybridized carbons (Fsp3) is 0.500. The van der Waals surface area contributed by atoms with Crippen molar-refractivity contribution in [3.8, 4) is 0 Å². The molecule has 2 rings (SSSR count). The van der Waals surface area contributed by atoms with Crippen molar-refractivity contribution < 1.29 is 33.3 Å². The fourth-order valence-corrected chi connectivity index (χ4v) is 4.26. The van der Waals surface area contributed by atoms with Crippen LogP contribution in [-0.4, -0.2) is 54.3 Å². The van der Waals surface area contributed by atoms with Gasteiger partial charge in [-0.3, -0.25) is 14.4 Å². The van der Waals surface area contributed by atoms with Gasteiger partial charge in [0.25, 0.3) is 0 Å². The van der Waals surface area contributed by atoms with Crippen LogP contribution in [0.2, 0.25) is 10.0 Å². The van der Waals surface area contributed by atoms with Crippen LogP contribution in [0.3, 0.4) is 0 Å². The second kappa shape index (κ2) is 10.5. The maximum atomic E-state index is 11.6. The highest BCUT2D eigenvalue weighted by Gasteiger charge is 2.48. The van der Waals surface area contributed by atoms with Gasteiger partial charge in [-0.1, -0.05) is 35.0 Å². The van der Waals surface area contributed by atoms with E-state index in [9.17, 15) is 14.4 Å². The van der Waals surface area contributed by atoms with Gasteiger partial charge in [0, 0.05) is 25.7 Å². The summed E-state index contributed by atoms with van der Waals surface area (Å²) in [4.78, 5) is 35.1. The highest BCUT2D eigenvalue weighted by molar-refractivity contribution is 7.99. The van der Waals surface area contributed by atoms with Crippen LogP contribution < -0.4 is 5.73 Å². The van der Waals surface area contributed by atoms with Crippen LogP contribution >= 0.6 is 35.0 Å². The SMILES string of the molecule is CC(=O)OC[C@H]1O[C@H](Sc2ccc(Cl)c(Cl)c2)C(OC(C)=O)C(N)[C@H]1OC(C)=O. The molecule has 8 nitrogen and oxygen atoms in total. The normalized spacial score (nSPS) is 26.5. The van der Waals surface area contributed by atoms with Crippen molar-refractivity contribution in [3.05, 3.63) is 28.2 Å². The molecule has 5 atom stereocenters. The summed E-state index contributed by atoms with van der Waals surface area (Å²) in [5, 5.41) is 0.728. The number of nitrogens with two attached hydrogens (primary N) is 1. The zero-order valence-corrected chi connectivity index (χ0v) is 18.3. The summed E-state index contributed by atoms with van der Waals surface area (Å²) in [5.74, 6) is -1.70. The average molecular weight is 466 g/mol. The molecule has 29 heavy (non-hydrogen) atoms. The Bertz CT molecular complexity index is 777. The van der Waals surface area contributed by atoms with Crippen molar-refractivity contribution in [2.45, 2.75) is 55.5 Å². The van der Waals surface area contributed by atoms with E-state index in [1.54, 1.807) is 18.2 Å². The number of hydrogen-bond donors (Lipinski definition) is 1. The minimum absolute atomic E-state index is 0.188. The van der Waals surface area contributed by atoms with Crippen LogP contribution in [0, 0.1) is 0 Å². The van der Waals surface area contributed by atoms with Crippen molar-refractivity contribution in [3.63, 3.8) is 0 Å². The molecule has 1 saturated heterocycles. The Balaban J connectivity index is 2.31. The van der Waals surface area contributed by atoms with Crippen LogP contribution in [0.1, 0.15) is 20.8 Å². The number of esters is 3. The largest absolute Gasteiger partial charge is 0.463 e. The molecule has 1 aromatic rings. The van der Waals surface area contributed by atoms with Gasteiger partial charge in [-0.05, 0) is 18.2 Å². The first-order valence-electron chi connectivity index (χ1n) is 8.59. The number of thioether (sulfide) groups is 1. The van der Waals surface area contributed by atoms with Crippen LogP contribution in [0.5, 0.6) is 0 Å². The van der Waals surface area contributed by atoms with Gasteiger partial charge in [0.05, 0.1) is 16.1 Å². The lowest BCUT2D eigenvalue weighted by molar-refractivity contribution is -0.201. The molecule has 0 spiro atoms. The van der Waals surface area contributed by atoms with Gasteiger partial charge in [0.2, 0.25) is 0 Å². The third-order valence-electron chi connectivity index (χ3n) is 3.90. The van der Waals surface area contributed by atoms with Gasteiger partial charge in [0.1, 0.15) is 24.3 Å². The molecule has 1 aromatic carbocycles. The predicted octanol–water partition coefficient (Wildman–Crippen LogP) is 2.56. The Morgan fingerprint density at radius 1 is 1.03 bits per heavy atom. The minimum Gasteiger partial charge on any atom is -0.463 e. The molecule has 0 bridgehead atoms. The van der Waals surface area contributed by atoms with Crippen molar-refractivity contribution >= 4 is 52.9 Å². The van der Waals surface area contributed by atoms with E-state index in [0.717, 1.165) is 0 Å². The molecular formula is C18H21Cl2NO7S. The molecule has 1 aliphatic rings. The molecule has 11 heteroatoms. The van der Waals surface area contributed by atoms with Gasteiger partial charge in [-0.2, -0.15) is 0 Å². The summed E-state index contributed by atoms with van der Waals surface area (Å²) in [6, 6.07) is 4.05. The first kappa shape index (κ1) is 23.8. The molecule has 0 radical (unpaired) electrons. The van der Waals surface area contributed by atoms with Gasteiger partial charge < -0.3 is 24.7 Å². The Kier molecular flexibility index (Phi) is 8.59. The Morgan fingerprint density at radius 2 is 1.66 bits per heavy atom. The molecule has 0 amide bonds. The maximum absolute atomic E-state index is 11.6. The Hall–Kier alpha value is -1.52. The van der Waals surface area contributed by atoms with Crippen molar-refractivity contribution in [2.75, 3.05) is 6.61 Å². The van der Waals surface area contributed by atoms with Gasteiger partial charge in [0.15, 0.2) is 6.10 Å². The van der Waals surface area contributed by atoms with E-state index in [2.05, 4.69) is 0 Å². The summed E-state index contributed by atoms with van der Waals surface area (Å²) in [7, 11) is 0. The lowest BCUT2D eigenvalue weighted by atomic mass is 9.97. The summed E-state index contributed by atoms with van der Waals surface area (Å²) < 4.78 is 21.6. The van der Waals surface area contributed by atoms with Crippen LogP contribution in [0.15, 0.2) is 23.1 Å². The summed E-state index contributed by atoms with van der Waals surface area (Å²) in [5.41, 5.74) is 5.50. The number of rotatable bonds is 6. The van der Waals surface area contributed by atoms with Crippen LogP contribution in [-0.2, 0) is 33.3 Å². The first-order valence-corrected chi connectivity index (χ1v) is 10.2. The predicted molar refractivity (Wildman–Crippen MR) is 107 cm³/mol.